The molecular formula is C25H25F3N2O4S2. The maximum absolute atomic E-state index is 13.1. The van der Waals surface area contributed by atoms with Crippen LogP contribution in [0, 0.1) is 0 Å². The van der Waals surface area contributed by atoms with Gasteiger partial charge in [0.15, 0.2) is 11.5 Å². The van der Waals surface area contributed by atoms with Crippen molar-refractivity contribution in [3.05, 3.63) is 58.5 Å². The van der Waals surface area contributed by atoms with Crippen molar-refractivity contribution in [2.45, 2.75) is 31.9 Å². The van der Waals surface area contributed by atoms with Crippen molar-refractivity contribution in [2.24, 2.45) is 0 Å². The molecule has 2 aromatic rings. The van der Waals surface area contributed by atoms with Gasteiger partial charge < -0.3 is 14.8 Å². The summed E-state index contributed by atoms with van der Waals surface area (Å²) in [5.74, 6) is 0.449. The Morgan fingerprint density at radius 2 is 1.81 bits per heavy atom. The van der Waals surface area contributed by atoms with Gasteiger partial charge in [-0.3, -0.25) is 14.5 Å². The van der Waals surface area contributed by atoms with E-state index in [2.05, 4.69) is 5.32 Å². The first kappa shape index (κ1) is 27.5. The number of unbranched alkanes of at least 4 members (excludes halogenated alkanes) is 2. The highest BCUT2D eigenvalue weighted by Crippen LogP contribution is 2.36. The van der Waals surface area contributed by atoms with Crippen LogP contribution in [0.4, 0.5) is 18.9 Å². The molecule has 2 amide bonds. The van der Waals surface area contributed by atoms with Gasteiger partial charge in [-0.2, -0.15) is 13.2 Å². The van der Waals surface area contributed by atoms with Crippen LogP contribution in [0.2, 0.25) is 0 Å². The van der Waals surface area contributed by atoms with E-state index in [-0.39, 0.29) is 18.0 Å². The average Bonchev–Trinajstić information content (AvgIpc) is 3.10. The van der Waals surface area contributed by atoms with Crippen LogP contribution in [0.3, 0.4) is 0 Å². The first-order valence-corrected chi connectivity index (χ1v) is 12.3. The lowest BCUT2D eigenvalue weighted by atomic mass is 10.1. The van der Waals surface area contributed by atoms with Crippen LogP contribution in [-0.2, 0) is 15.8 Å². The number of thioether (sulfide) groups is 1. The molecule has 6 nitrogen and oxygen atoms in total. The summed E-state index contributed by atoms with van der Waals surface area (Å²) in [4.78, 5) is 27.0. The van der Waals surface area contributed by atoms with E-state index in [0.717, 1.165) is 11.6 Å². The van der Waals surface area contributed by atoms with Gasteiger partial charge in [-0.15, -0.1) is 0 Å². The molecule has 1 aliphatic heterocycles. The molecule has 3 rings (SSSR count). The number of carbonyl (C=O) groups is 2. The summed E-state index contributed by atoms with van der Waals surface area (Å²) in [6.07, 6.45) is -1.05. The number of amides is 2. The number of nitrogens with zero attached hydrogens (tertiary/aromatic N) is 1. The molecule has 0 aliphatic carbocycles. The molecular weight excluding hydrogens is 513 g/mol. The van der Waals surface area contributed by atoms with Gasteiger partial charge in [0, 0.05) is 13.0 Å². The SMILES string of the molecule is COc1ccc(C=C2SC(=S)N(CCCCCC(=O)Nc3ccccc3C(F)(F)F)C2=O)cc1OC. The number of rotatable bonds is 10. The van der Waals surface area contributed by atoms with Crippen molar-refractivity contribution >= 4 is 51.9 Å². The Kier molecular flexibility index (Phi) is 9.38. The van der Waals surface area contributed by atoms with Crippen LogP contribution in [0.1, 0.15) is 36.8 Å². The topological polar surface area (TPSA) is 67.9 Å². The van der Waals surface area contributed by atoms with Crippen molar-refractivity contribution < 1.29 is 32.2 Å². The fourth-order valence-corrected chi connectivity index (χ4v) is 4.88. The highest BCUT2D eigenvalue weighted by Gasteiger charge is 2.34. The number of ether oxygens (including phenoxy) is 2. The third kappa shape index (κ3) is 7.01. The number of hydrogen-bond acceptors (Lipinski definition) is 6. The second-order valence-corrected chi connectivity index (χ2v) is 9.53. The first-order chi connectivity index (χ1) is 17.1. The standard InChI is InChI=1S/C25H25F3N2O4S2/c1-33-19-12-11-16(14-20(19)34-2)15-21-23(32)30(24(35)36-21)13-7-3-4-10-22(31)29-18-9-6-5-8-17(18)25(26,27)28/h5-6,8-9,11-12,14-15H,3-4,7,10,13H2,1-2H3,(H,29,31). The first-order valence-electron chi connectivity index (χ1n) is 11.1. The molecule has 0 aromatic heterocycles. The number of halogens is 3. The predicted molar refractivity (Wildman–Crippen MR) is 138 cm³/mol. The number of thiocarbonyl (C=S) groups is 1. The van der Waals surface area contributed by atoms with E-state index in [0.29, 0.717) is 46.5 Å². The predicted octanol–water partition coefficient (Wildman–Crippen LogP) is 6.12. The number of benzene rings is 2. The second-order valence-electron chi connectivity index (χ2n) is 7.85. The fraction of sp³-hybridized carbons (Fsp3) is 0.320. The van der Waals surface area contributed by atoms with E-state index < -0.39 is 17.6 Å². The van der Waals surface area contributed by atoms with Crippen molar-refractivity contribution in [1.82, 2.24) is 4.90 Å². The van der Waals surface area contributed by atoms with Gasteiger partial charge in [0.2, 0.25) is 5.91 Å². The lowest BCUT2D eigenvalue weighted by Crippen LogP contribution is -2.29. The van der Waals surface area contributed by atoms with Crippen LogP contribution in [0.25, 0.3) is 6.08 Å². The smallest absolute Gasteiger partial charge is 0.418 e. The molecule has 36 heavy (non-hydrogen) atoms. The summed E-state index contributed by atoms with van der Waals surface area (Å²) in [5, 5.41) is 2.34. The van der Waals surface area contributed by atoms with E-state index in [4.69, 9.17) is 21.7 Å². The Labute approximate surface area is 216 Å². The molecule has 1 heterocycles. The monoisotopic (exact) mass is 538 g/mol. The molecule has 0 spiro atoms. The molecule has 0 radical (unpaired) electrons. The highest BCUT2D eigenvalue weighted by atomic mass is 32.2. The quantitative estimate of drug-likeness (QED) is 0.223. The molecule has 0 bridgehead atoms. The fourth-order valence-electron chi connectivity index (χ4n) is 3.57. The van der Waals surface area contributed by atoms with E-state index in [1.54, 1.807) is 25.3 Å². The third-order valence-corrected chi connectivity index (χ3v) is 6.75. The largest absolute Gasteiger partial charge is 0.493 e. The summed E-state index contributed by atoms with van der Waals surface area (Å²) in [7, 11) is 3.08. The minimum absolute atomic E-state index is 0.0732. The van der Waals surface area contributed by atoms with Gasteiger partial charge in [-0.25, -0.2) is 0 Å². The normalized spacial score (nSPS) is 14.9. The summed E-state index contributed by atoms with van der Waals surface area (Å²) >= 11 is 6.57. The second kappa shape index (κ2) is 12.3. The van der Waals surface area contributed by atoms with E-state index >= 15 is 0 Å². The van der Waals surface area contributed by atoms with Gasteiger partial charge in [0.25, 0.3) is 5.91 Å². The molecule has 1 N–H and O–H groups in total. The van der Waals surface area contributed by atoms with E-state index in [1.165, 1.54) is 42.0 Å². The Morgan fingerprint density at radius 3 is 2.50 bits per heavy atom. The van der Waals surface area contributed by atoms with Gasteiger partial charge in [-0.1, -0.05) is 48.6 Å². The molecule has 1 fully saturated rings. The van der Waals surface area contributed by atoms with Crippen molar-refractivity contribution in [3.63, 3.8) is 0 Å². The molecule has 11 heteroatoms. The van der Waals surface area contributed by atoms with E-state index in [9.17, 15) is 22.8 Å². The molecule has 1 saturated heterocycles. The van der Waals surface area contributed by atoms with Crippen LogP contribution in [-0.4, -0.2) is 41.8 Å². The van der Waals surface area contributed by atoms with Crippen LogP contribution in [0.5, 0.6) is 11.5 Å². The number of carbonyl (C=O) groups excluding carboxylic acids is 2. The molecule has 192 valence electrons. The molecule has 1 aliphatic rings. The summed E-state index contributed by atoms with van der Waals surface area (Å²) in [6, 6.07) is 10.2. The Hall–Kier alpha value is -3.05. The number of hydrogen-bond donors (Lipinski definition) is 1. The highest BCUT2D eigenvalue weighted by molar-refractivity contribution is 8.26. The van der Waals surface area contributed by atoms with Crippen molar-refractivity contribution in [3.8, 4) is 11.5 Å². The third-order valence-electron chi connectivity index (χ3n) is 5.37. The van der Waals surface area contributed by atoms with Gasteiger partial charge in [-0.05, 0) is 48.7 Å². The van der Waals surface area contributed by atoms with E-state index in [1.807, 2.05) is 6.07 Å². The summed E-state index contributed by atoms with van der Waals surface area (Å²) in [5.41, 5.74) is -0.367. The number of anilines is 1. The van der Waals surface area contributed by atoms with Crippen LogP contribution >= 0.6 is 24.0 Å². The zero-order valence-corrected chi connectivity index (χ0v) is 21.3. The van der Waals surface area contributed by atoms with Crippen molar-refractivity contribution in [2.75, 3.05) is 26.1 Å². The zero-order valence-electron chi connectivity index (χ0n) is 19.7. The molecule has 0 atom stereocenters. The van der Waals surface area contributed by atoms with Crippen LogP contribution in [0.15, 0.2) is 47.4 Å². The average molecular weight is 539 g/mol. The van der Waals surface area contributed by atoms with Gasteiger partial charge in [0.1, 0.15) is 4.32 Å². The molecule has 0 unspecified atom stereocenters. The Bertz CT molecular complexity index is 1170. The lowest BCUT2D eigenvalue weighted by molar-refractivity contribution is -0.137. The number of nitrogens with one attached hydrogen (secondary N) is 1. The van der Waals surface area contributed by atoms with Crippen molar-refractivity contribution in [1.29, 1.82) is 0 Å². The summed E-state index contributed by atoms with van der Waals surface area (Å²) in [6.45, 7) is 0.395. The minimum Gasteiger partial charge on any atom is -0.493 e. The maximum atomic E-state index is 13.1. The lowest BCUT2D eigenvalue weighted by Gasteiger charge is -2.15. The Morgan fingerprint density at radius 1 is 1.08 bits per heavy atom. The molecule has 0 saturated carbocycles. The maximum Gasteiger partial charge on any atom is 0.418 e. The number of methoxy groups -OCH3 is 2. The van der Waals surface area contributed by atoms with Gasteiger partial charge >= 0.3 is 6.18 Å². The number of alkyl halides is 3. The zero-order chi connectivity index (χ0) is 26.3. The van der Waals surface area contributed by atoms with Gasteiger partial charge in [0.05, 0.1) is 30.4 Å². The summed E-state index contributed by atoms with van der Waals surface area (Å²) < 4.78 is 50.2. The minimum atomic E-state index is -4.55. The Balaban J connectivity index is 1.48. The number of para-hydroxylation sites is 1. The molecule has 2 aromatic carbocycles. The van der Waals surface area contributed by atoms with Crippen LogP contribution < -0.4 is 14.8 Å².